The van der Waals surface area contributed by atoms with Crippen molar-refractivity contribution in [1.82, 2.24) is 0 Å². The molecule has 0 aliphatic carbocycles. The van der Waals surface area contributed by atoms with E-state index in [1.165, 1.54) is 49.2 Å². The lowest BCUT2D eigenvalue weighted by molar-refractivity contribution is 1.37. The molecule has 2 aromatic rings. The van der Waals surface area contributed by atoms with E-state index in [1.807, 2.05) is 0 Å². The van der Waals surface area contributed by atoms with Crippen LogP contribution in [0.3, 0.4) is 0 Å². The van der Waals surface area contributed by atoms with Gasteiger partial charge < -0.3 is 0 Å². The molecule has 0 amide bonds. The lowest BCUT2D eigenvalue weighted by Crippen LogP contribution is -1.81. The van der Waals surface area contributed by atoms with E-state index in [1.54, 1.807) is 0 Å². The topological polar surface area (TPSA) is 0 Å². The van der Waals surface area contributed by atoms with Gasteiger partial charge in [-0.3, -0.25) is 0 Å². The quantitative estimate of drug-likeness (QED) is 0.601. The van der Waals surface area contributed by atoms with Crippen molar-refractivity contribution in [3.8, 4) is 10.6 Å². The molecular formula is C14H16P2. The summed E-state index contributed by atoms with van der Waals surface area (Å²) >= 11 is 0. The highest BCUT2D eigenvalue weighted by molar-refractivity contribution is 7.39. The third-order valence-electron chi connectivity index (χ3n) is 3.01. The zero-order valence-corrected chi connectivity index (χ0v) is 12.0. The van der Waals surface area contributed by atoms with E-state index in [2.05, 4.69) is 51.4 Å². The van der Waals surface area contributed by atoms with Gasteiger partial charge in [0.25, 0.3) is 0 Å². The SMILES string of the molecule is Cc1cpc(-c2cc(C)c(C)cp2)cc1C. The monoisotopic (exact) mass is 246 g/mol. The van der Waals surface area contributed by atoms with E-state index in [4.69, 9.17) is 0 Å². The highest BCUT2D eigenvalue weighted by atomic mass is 31.0. The van der Waals surface area contributed by atoms with Crippen molar-refractivity contribution < 1.29 is 0 Å². The summed E-state index contributed by atoms with van der Waals surface area (Å²) in [6.45, 7) is 8.75. The summed E-state index contributed by atoms with van der Waals surface area (Å²) in [6, 6.07) is 4.66. The Morgan fingerprint density at radius 2 is 1.00 bits per heavy atom. The molecule has 2 heterocycles. The first-order valence-corrected chi connectivity index (χ1v) is 7.37. The van der Waals surface area contributed by atoms with Gasteiger partial charge >= 0.3 is 0 Å². The maximum atomic E-state index is 2.33. The Balaban J connectivity index is 2.50. The van der Waals surface area contributed by atoms with Gasteiger partial charge in [-0.25, -0.2) is 0 Å². The van der Waals surface area contributed by atoms with Gasteiger partial charge in [0.1, 0.15) is 0 Å². The number of aryl methyl sites for hydroxylation is 4. The molecule has 0 aliphatic heterocycles. The molecule has 16 heavy (non-hydrogen) atoms. The van der Waals surface area contributed by atoms with Crippen molar-refractivity contribution >= 4 is 16.4 Å². The molecule has 2 rings (SSSR count). The van der Waals surface area contributed by atoms with Gasteiger partial charge in [-0.2, -0.15) is 0 Å². The molecule has 0 N–H and O–H groups in total. The van der Waals surface area contributed by atoms with Crippen LogP contribution in [0.15, 0.2) is 23.7 Å². The molecule has 0 fully saturated rings. The summed E-state index contributed by atoms with van der Waals surface area (Å²) in [5.41, 5.74) is 5.61. The molecule has 0 aromatic carbocycles. The molecule has 0 bridgehead atoms. The number of hydrogen-bond acceptors (Lipinski definition) is 0. The minimum absolute atomic E-state index is 1.34. The van der Waals surface area contributed by atoms with Crippen molar-refractivity contribution in [2.24, 2.45) is 0 Å². The zero-order chi connectivity index (χ0) is 11.7. The summed E-state index contributed by atoms with van der Waals surface area (Å²) in [7, 11) is 2.68. The predicted molar refractivity (Wildman–Crippen MR) is 75.9 cm³/mol. The van der Waals surface area contributed by atoms with Crippen molar-refractivity contribution in [3.63, 3.8) is 0 Å². The molecule has 0 unspecified atom stereocenters. The maximum Gasteiger partial charge on any atom is 0.0139 e. The van der Waals surface area contributed by atoms with Gasteiger partial charge in [-0.15, -0.1) is 0 Å². The normalized spacial score (nSPS) is 11.5. The average molecular weight is 246 g/mol. The Kier molecular flexibility index (Phi) is 3.43. The molecule has 0 radical (unpaired) electrons. The highest BCUT2D eigenvalue weighted by Crippen LogP contribution is 2.36. The summed E-state index contributed by atoms with van der Waals surface area (Å²) in [5.74, 6) is 4.61. The van der Waals surface area contributed by atoms with Crippen LogP contribution >= 0.6 is 16.4 Å². The van der Waals surface area contributed by atoms with Gasteiger partial charge in [-0.1, -0.05) is 16.4 Å². The van der Waals surface area contributed by atoms with Crippen LogP contribution < -0.4 is 0 Å². The van der Waals surface area contributed by atoms with Gasteiger partial charge in [0.15, 0.2) is 0 Å². The number of hydrogen-bond donors (Lipinski definition) is 0. The second kappa shape index (κ2) is 4.66. The third kappa shape index (κ3) is 2.34. The van der Waals surface area contributed by atoms with Gasteiger partial charge in [-0.05, 0) is 73.7 Å². The van der Waals surface area contributed by atoms with Crippen LogP contribution in [0.5, 0.6) is 0 Å². The van der Waals surface area contributed by atoms with Crippen molar-refractivity contribution in [1.29, 1.82) is 0 Å². The van der Waals surface area contributed by atoms with Crippen LogP contribution in [0.4, 0.5) is 0 Å². The molecule has 2 aromatic heterocycles. The van der Waals surface area contributed by atoms with Crippen molar-refractivity contribution in [3.05, 3.63) is 46.0 Å². The van der Waals surface area contributed by atoms with Crippen LogP contribution in [0.25, 0.3) is 10.6 Å². The molecule has 0 nitrogen and oxygen atoms in total. The fourth-order valence-electron chi connectivity index (χ4n) is 1.53. The summed E-state index contributed by atoms with van der Waals surface area (Å²) in [6.07, 6.45) is 0. The lowest BCUT2D eigenvalue weighted by Gasteiger charge is -2.06. The van der Waals surface area contributed by atoms with Crippen LogP contribution in [-0.2, 0) is 0 Å². The molecule has 0 saturated carbocycles. The van der Waals surface area contributed by atoms with E-state index < -0.39 is 0 Å². The third-order valence-corrected chi connectivity index (χ3v) is 5.51. The first kappa shape index (κ1) is 11.8. The Bertz CT molecular complexity index is 481. The number of rotatable bonds is 1. The largest absolute Gasteiger partial charge is 0.0672 e. The second-order valence-corrected chi connectivity index (χ2v) is 6.30. The minimum atomic E-state index is 1.34. The maximum absolute atomic E-state index is 2.33. The van der Waals surface area contributed by atoms with E-state index in [-0.39, 0.29) is 0 Å². The molecule has 0 atom stereocenters. The van der Waals surface area contributed by atoms with E-state index >= 15 is 0 Å². The molecular weight excluding hydrogens is 230 g/mol. The molecule has 0 aliphatic rings. The van der Waals surface area contributed by atoms with Crippen molar-refractivity contribution in [2.75, 3.05) is 0 Å². The van der Waals surface area contributed by atoms with Crippen LogP contribution in [0.2, 0.25) is 0 Å². The van der Waals surface area contributed by atoms with E-state index in [9.17, 15) is 0 Å². The lowest BCUT2D eigenvalue weighted by atomic mass is 10.1. The van der Waals surface area contributed by atoms with Gasteiger partial charge in [0.05, 0.1) is 0 Å². The smallest absolute Gasteiger partial charge is 0.0139 e. The average Bonchev–Trinajstić information content (AvgIpc) is 2.26. The van der Waals surface area contributed by atoms with Crippen LogP contribution in [-0.4, -0.2) is 0 Å². The first-order valence-electron chi connectivity index (χ1n) is 5.45. The van der Waals surface area contributed by atoms with Crippen molar-refractivity contribution in [2.45, 2.75) is 27.7 Å². The summed E-state index contributed by atoms with van der Waals surface area (Å²) in [5, 5.41) is 2.90. The van der Waals surface area contributed by atoms with E-state index in [0.717, 1.165) is 0 Å². The van der Waals surface area contributed by atoms with E-state index in [0.29, 0.717) is 0 Å². The Hall–Kier alpha value is -0.700. The fourth-order valence-corrected chi connectivity index (χ4v) is 3.88. The molecule has 82 valence electrons. The first-order chi connectivity index (χ1) is 7.58. The van der Waals surface area contributed by atoms with Crippen LogP contribution in [0, 0.1) is 27.7 Å². The molecule has 2 heteroatoms. The zero-order valence-electron chi connectivity index (χ0n) is 10.2. The van der Waals surface area contributed by atoms with Crippen LogP contribution in [0.1, 0.15) is 22.3 Å². The minimum Gasteiger partial charge on any atom is -0.0672 e. The Morgan fingerprint density at radius 1 is 0.625 bits per heavy atom. The molecule has 0 saturated heterocycles. The highest BCUT2D eigenvalue weighted by Gasteiger charge is 2.02. The Morgan fingerprint density at radius 3 is 1.31 bits per heavy atom. The Labute approximate surface area is 101 Å². The van der Waals surface area contributed by atoms with Gasteiger partial charge in [0.2, 0.25) is 0 Å². The predicted octanol–water partition coefficient (Wildman–Crippen LogP) is 5.75. The summed E-state index contributed by atoms with van der Waals surface area (Å²) in [4.78, 5) is 0. The molecule has 0 spiro atoms. The standard InChI is InChI=1S/C14H16P2/c1-9-5-13(15-7-11(9)3)14-6-10(2)12(4)8-16-14/h5-8H,1-4H3. The second-order valence-electron chi connectivity index (χ2n) is 4.31. The summed E-state index contributed by atoms with van der Waals surface area (Å²) < 4.78 is 0. The fraction of sp³-hybridized carbons (Fsp3) is 0.286. The van der Waals surface area contributed by atoms with Gasteiger partial charge in [0, 0.05) is 10.6 Å².